The van der Waals surface area contributed by atoms with Crippen LogP contribution >= 0.6 is 0 Å². The van der Waals surface area contributed by atoms with Crippen LogP contribution in [0.1, 0.15) is 23.4 Å². The van der Waals surface area contributed by atoms with Crippen LogP contribution in [0.3, 0.4) is 0 Å². The molecule has 0 saturated heterocycles. The number of fused-ring (bicyclic) bond motifs is 1. The molecule has 0 amide bonds. The summed E-state index contributed by atoms with van der Waals surface area (Å²) >= 11 is 0. The summed E-state index contributed by atoms with van der Waals surface area (Å²) in [7, 11) is 0. The van der Waals surface area contributed by atoms with Crippen molar-refractivity contribution >= 4 is 5.82 Å². The Hall–Kier alpha value is -2.76. The van der Waals surface area contributed by atoms with E-state index in [4.69, 9.17) is 10.00 Å². The minimum Gasteiger partial charge on any atom is -0.478 e. The number of anilines is 1. The second-order valence-electron chi connectivity index (χ2n) is 4.95. The number of rotatable bonds is 3. The van der Waals surface area contributed by atoms with Crippen LogP contribution in [0.2, 0.25) is 0 Å². The summed E-state index contributed by atoms with van der Waals surface area (Å²) in [6, 6.07) is 5.41. The third-order valence-corrected chi connectivity index (χ3v) is 3.30. The van der Waals surface area contributed by atoms with Gasteiger partial charge in [-0.15, -0.1) is 0 Å². The number of hydrogen-bond donors (Lipinski definition) is 1. The summed E-state index contributed by atoms with van der Waals surface area (Å²) < 4.78 is 45.3. The molecule has 0 atom stereocenters. The molecule has 9 heteroatoms. The molecule has 0 saturated carbocycles. The molecule has 120 valence electrons. The SMILES string of the molecule is N#Cc1ccc(C(F)(F)F)nc1NCc1cc2n(n1)CCCO2. The van der Waals surface area contributed by atoms with Crippen molar-refractivity contribution in [3.63, 3.8) is 0 Å². The fourth-order valence-electron chi connectivity index (χ4n) is 2.22. The van der Waals surface area contributed by atoms with Gasteiger partial charge in [-0.2, -0.15) is 23.5 Å². The molecule has 2 aromatic heterocycles. The smallest absolute Gasteiger partial charge is 0.433 e. The Morgan fingerprint density at radius 3 is 2.91 bits per heavy atom. The van der Waals surface area contributed by atoms with Crippen LogP contribution in [0.5, 0.6) is 5.88 Å². The van der Waals surface area contributed by atoms with E-state index < -0.39 is 11.9 Å². The molecular formula is C14H12F3N5O. The molecule has 0 unspecified atom stereocenters. The Labute approximate surface area is 129 Å². The van der Waals surface area contributed by atoms with Gasteiger partial charge in [0.15, 0.2) is 0 Å². The number of nitriles is 1. The third-order valence-electron chi connectivity index (χ3n) is 3.30. The van der Waals surface area contributed by atoms with Crippen molar-refractivity contribution in [1.82, 2.24) is 14.8 Å². The molecule has 0 spiro atoms. The number of nitrogens with one attached hydrogen (secondary N) is 1. The van der Waals surface area contributed by atoms with E-state index in [9.17, 15) is 13.2 Å². The largest absolute Gasteiger partial charge is 0.478 e. The molecule has 1 aliphatic rings. The number of halogens is 3. The van der Waals surface area contributed by atoms with Gasteiger partial charge in [-0.25, -0.2) is 9.67 Å². The Bertz CT molecular complexity index is 739. The summed E-state index contributed by atoms with van der Waals surface area (Å²) in [6.45, 7) is 1.50. The molecule has 0 radical (unpaired) electrons. The van der Waals surface area contributed by atoms with Gasteiger partial charge in [-0.3, -0.25) is 0 Å². The van der Waals surface area contributed by atoms with Crippen molar-refractivity contribution in [3.8, 4) is 11.9 Å². The van der Waals surface area contributed by atoms with Crippen LogP contribution in [-0.4, -0.2) is 21.4 Å². The molecule has 2 aromatic rings. The lowest BCUT2D eigenvalue weighted by atomic mass is 10.2. The van der Waals surface area contributed by atoms with Gasteiger partial charge in [0, 0.05) is 19.0 Å². The zero-order valence-electron chi connectivity index (χ0n) is 11.9. The van der Waals surface area contributed by atoms with Crippen molar-refractivity contribution in [2.24, 2.45) is 0 Å². The molecule has 0 fully saturated rings. The molecule has 1 N–H and O–H groups in total. The highest BCUT2D eigenvalue weighted by atomic mass is 19.4. The molecule has 3 rings (SSSR count). The summed E-state index contributed by atoms with van der Waals surface area (Å²) in [5.74, 6) is 0.514. The maximum Gasteiger partial charge on any atom is 0.433 e. The summed E-state index contributed by atoms with van der Waals surface area (Å²) in [4.78, 5) is 3.49. The second kappa shape index (κ2) is 5.79. The normalized spacial score (nSPS) is 13.8. The fraction of sp³-hybridized carbons (Fsp3) is 0.357. The number of aryl methyl sites for hydroxylation is 1. The van der Waals surface area contributed by atoms with Crippen molar-refractivity contribution in [3.05, 3.63) is 35.2 Å². The number of aromatic nitrogens is 3. The molecule has 0 aromatic carbocycles. The third kappa shape index (κ3) is 3.21. The van der Waals surface area contributed by atoms with E-state index in [0.29, 0.717) is 18.2 Å². The number of ether oxygens (including phenoxy) is 1. The number of alkyl halides is 3. The summed E-state index contributed by atoms with van der Waals surface area (Å²) in [5, 5.41) is 16.0. The first-order chi connectivity index (χ1) is 11.0. The van der Waals surface area contributed by atoms with Gasteiger partial charge in [0.05, 0.1) is 24.4 Å². The van der Waals surface area contributed by atoms with Crippen LogP contribution in [0.4, 0.5) is 19.0 Å². The lowest BCUT2D eigenvalue weighted by Gasteiger charge is -2.13. The van der Waals surface area contributed by atoms with Crippen LogP contribution in [0.25, 0.3) is 0 Å². The minimum absolute atomic E-state index is 0.0400. The summed E-state index contributed by atoms with van der Waals surface area (Å²) in [6.07, 6.45) is -3.71. The van der Waals surface area contributed by atoms with Crippen LogP contribution in [0.15, 0.2) is 18.2 Å². The molecule has 6 nitrogen and oxygen atoms in total. The van der Waals surface area contributed by atoms with E-state index in [1.54, 1.807) is 10.7 Å². The van der Waals surface area contributed by atoms with Gasteiger partial charge in [-0.1, -0.05) is 0 Å². The first-order valence-corrected chi connectivity index (χ1v) is 6.89. The van der Waals surface area contributed by atoms with E-state index in [-0.39, 0.29) is 17.9 Å². The quantitative estimate of drug-likeness (QED) is 0.939. The van der Waals surface area contributed by atoms with Gasteiger partial charge >= 0.3 is 6.18 Å². The van der Waals surface area contributed by atoms with Gasteiger partial charge in [0.25, 0.3) is 0 Å². The van der Waals surface area contributed by atoms with Crippen molar-refractivity contribution in [2.45, 2.75) is 25.7 Å². The Morgan fingerprint density at radius 1 is 1.39 bits per heavy atom. The van der Waals surface area contributed by atoms with Crippen molar-refractivity contribution in [2.75, 3.05) is 11.9 Å². The van der Waals surface area contributed by atoms with Crippen molar-refractivity contribution < 1.29 is 17.9 Å². The lowest BCUT2D eigenvalue weighted by Crippen LogP contribution is -2.14. The first kappa shape index (κ1) is 15.1. The predicted molar refractivity (Wildman–Crippen MR) is 73.6 cm³/mol. The maximum absolute atomic E-state index is 12.7. The molecule has 0 bridgehead atoms. The lowest BCUT2D eigenvalue weighted by molar-refractivity contribution is -0.141. The Kier molecular flexibility index (Phi) is 3.82. The van der Waals surface area contributed by atoms with E-state index in [0.717, 1.165) is 25.1 Å². The summed E-state index contributed by atoms with van der Waals surface area (Å²) in [5.41, 5.74) is -0.408. The molecule has 0 aliphatic carbocycles. The molecular weight excluding hydrogens is 311 g/mol. The highest BCUT2D eigenvalue weighted by Crippen LogP contribution is 2.29. The van der Waals surface area contributed by atoms with Crippen LogP contribution < -0.4 is 10.1 Å². The zero-order chi connectivity index (χ0) is 16.4. The fourth-order valence-corrected chi connectivity index (χ4v) is 2.22. The highest BCUT2D eigenvalue weighted by Gasteiger charge is 2.33. The van der Waals surface area contributed by atoms with E-state index >= 15 is 0 Å². The van der Waals surface area contributed by atoms with Crippen LogP contribution in [-0.2, 0) is 19.3 Å². The highest BCUT2D eigenvalue weighted by molar-refractivity contribution is 5.52. The monoisotopic (exact) mass is 323 g/mol. The maximum atomic E-state index is 12.7. The zero-order valence-corrected chi connectivity index (χ0v) is 11.9. The van der Waals surface area contributed by atoms with Crippen molar-refractivity contribution in [1.29, 1.82) is 5.26 Å². The standard InChI is InChI=1S/C14H12F3N5O/c15-14(16,17)11-3-2-9(7-18)13(20-11)19-8-10-6-12-22(21-10)4-1-5-23-12/h2-3,6H,1,4-5,8H2,(H,19,20). The first-order valence-electron chi connectivity index (χ1n) is 6.89. The average molecular weight is 323 g/mol. The Balaban J connectivity index is 1.79. The number of hydrogen-bond acceptors (Lipinski definition) is 5. The minimum atomic E-state index is -4.56. The second-order valence-corrected chi connectivity index (χ2v) is 4.95. The van der Waals surface area contributed by atoms with Gasteiger partial charge < -0.3 is 10.1 Å². The number of nitrogens with zero attached hydrogens (tertiary/aromatic N) is 4. The predicted octanol–water partition coefficient (Wildman–Crippen LogP) is 2.56. The Morgan fingerprint density at radius 2 is 2.22 bits per heavy atom. The topological polar surface area (TPSA) is 75.8 Å². The molecule has 1 aliphatic heterocycles. The van der Waals surface area contributed by atoms with E-state index in [1.807, 2.05) is 6.07 Å². The van der Waals surface area contributed by atoms with E-state index in [2.05, 4.69) is 15.4 Å². The molecule has 23 heavy (non-hydrogen) atoms. The van der Waals surface area contributed by atoms with Gasteiger partial charge in [-0.05, 0) is 12.1 Å². The number of pyridine rings is 1. The average Bonchev–Trinajstić information content (AvgIpc) is 2.94. The van der Waals surface area contributed by atoms with E-state index in [1.165, 1.54) is 0 Å². The van der Waals surface area contributed by atoms with Gasteiger partial charge in [0.2, 0.25) is 5.88 Å². The van der Waals surface area contributed by atoms with Gasteiger partial charge in [0.1, 0.15) is 17.6 Å². The molecule has 3 heterocycles. The van der Waals surface area contributed by atoms with Crippen LogP contribution in [0, 0.1) is 11.3 Å².